The highest BCUT2D eigenvalue weighted by Gasteiger charge is 2.35. The molecule has 3 heteroatoms. The molecule has 2 rings (SSSR count). The van der Waals surface area contributed by atoms with E-state index in [1.54, 1.807) is 0 Å². The van der Waals surface area contributed by atoms with Crippen molar-refractivity contribution < 1.29 is 4.74 Å². The predicted octanol–water partition coefficient (Wildman–Crippen LogP) is 2.87. The van der Waals surface area contributed by atoms with Gasteiger partial charge in [-0.15, -0.1) is 0 Å². The van der Waals surface area contributed by atoms with Crippen LogP contribution in [0.4, 0.5) is 0 Å². The van der Waals surface area contributed by atoms with Gasteiger partial charge in [-0.25, -0.2) is 0 Å². The first-order chi connectivity index (χ1) is 8.83. The van der Waals surface area contributed by atoms with Crippen LogP contribution >= 0.6 is 0 Å². The Morgan fingerprint density at radius 1 is 1.39 bits per heavy atom. The average molecular weight is 244 g/mol. The van der Waals surface area contributed by atoms with Gasteiger partial charge in [0.15, 0.2) is 6.61 Å². The Morgan fingerprint density at radius 2 is 2.17 bits per heavy atom. The van der Waals surface area contributed by atoms with Gasteiger partial charge in [-0.3, -0.25) is 0 Å². The van der Waals surface area contributed by atoms with Gasteiger partial charge in [0, 0.05) is 12.6 Å². The Morgan fingerprint density at radius 3 is 2.83 bits per heavy atom. The lowest BCUT2D eigenvalue weighted by molar-refractivity contribution is 0.368. The number of nitrogens with zero attached hydrogens (tertiary/aromatic N) is 1. The van der Waals surface area contributed by atoms with E-state index in [1.165, 1.54) is 24.8 Å². The fourth-order valence-electron chi connectivity index (χ4n) is 2.26. The van der Waals surface area contributed by atoms with E-state index < -0.39 is 0 Å². The van der Waals surface area contributed by atoms with Crippen molar-refractivity contribution in [1.82, 2.24) is 5.32 Å². The molecule has 0 bridgehead atoms. The van der Waals surface area contributed by atoms with Crippen molar-refractivity contribution in [3.63, 3.8) is 0 Å². The van der Waals surface area contributed by atoms with Crippen LogP contribution in [-0.4, -0.2) is 12.6 Å². The van der Waals surface area contributed by atoms with Gasteiger partial charge in [-0.1, -0.05) is 25.5 Å². The summed E-state index contributed by atoms with van der Waals surface area (Å²) in [6.45, 7) is 3.27. The molecule has 0 aliphatic heterocycles. The summed E-state index contributed by atoms with van der Waals surface area (Å²) in [5.41, 5.74) is 1.27. The minimum atomic E-state index is 0.109. The van der Waals surface area contributed by atoms with E-state index >= 15 is 0 Å². The Balaban J connectivity index is 1.72. The quantitative estimate of drug-likeness (QED) is 0.802. The molecule has 0 saturated heterocycles. The molecule has 0 heterocycles. The summed E-state index contributed by atoms with van der Waals surface area (Å²) in [5.74, 6) is 1.66. The van der Waals surface area contributed by atoms with Crippen molar-refractivity contribution in [2.45, 2.75) is 38.8 Å². The summed E-state index contributed by atoms with van der Waals surface area (Å²) in [5, 5.41) is 12.0. The maximum atomic E-state index is 8.42. The largest absolute Gasteiger partial charge is 0.479 e. The first-order valence-corrected chi connectivity index (χ1v) is 6.65. The molecular formula is C15H20N2O. The SMILES string of the molecule is CCCC1CC1NCc1ccc(OCC#N)cc1. The summed E-state index contributed by atoms with van der Waals surface area (Å²) in [6.07, 6.45) is 3.96. The van der Waals surface area contributed by atoms with Crippen LogP contribution in [0.2, 0.25) is 0 Å². The highest BCUT2D eigenvalue weighted by Crippen LogP contribution is 2.34. The lowest BCUT2D eigenvalue weighted by Gasteiger charge is -2.06. The molecule has 1 aromatic rings. The first-order valence-electron chi connectivity index (χ1n) is 6.65. The maximum Gasteiger partial charge on any atom is 0.174 e. The third-order valence-electron chi connectivity index (χ3n) is 3.38. The third-order valence-corrected chi connectivity index (χ3v) is 3.38. The molecule has 2 unspecified atom stereocenters. The zero-order valence-electron chi connectivity index (χ0n) is 10.9. The maximum absolute atomic E-state index is 8.42. The number of hydrogen-bond donors (Lipinski definition) is 1. The van der Waals surface area contributed by atoms with Crippen molar-refractivity contribution in [1.29, 1.82) is 5.26 Å². The second-order valence-electron chi connectivity index (χ2n) is 4.86. The van der Waals surface area contributed by atoms with Crippen molar-refractivity contribution in [3.05, 3.63) is 29.8 Å². The van der Waals surface area contributed by atoms with Gasteiger partial charge in [-0.05, 0) is 36.5 Å². The topological polar surface area (TPSA) is 45.0 Å². The Kier molecular flexibility index (Phi) is 4.60. The van der Waals surface area contributed by atoms with Crippen molar-refractivity contribution >= 4 is 0 Å². The number of hydrogen-bond acceptors (Lipinski definition) is 3. The summed E-state index contributed by atoms with van der Waals surface area (Å²) < 4.78 is 5.22. The lowest BCUT2D eigenvalue weighted by Crippen LogP contribution is -2.17. The summed E-state index contributed by atoms with van der Waals surface area (Å²) in [6, 6.07) is 10.6. The number of rotatable bonds is 7. The van der Waals surface area contributed by atoms with Crippen molar-refractivity contribution in [3.8, 4) is 11.8 Å². The van der Waals surface area contributed by atoms with Crippen LogP contribution in [0.25, 0.3) is 0 Å². The normalized spacial score (nSPS) is 21.3. The molecule has 1 aliphatic rings. The third kappa shape index (κ3) is 3.75. The van der Waals surface area contributed by atoms with Crippen LogP contribution in [0, 0.1) is 17.2 Å². The van der Waals surface area contributed by atoms with Gasteiger partial charge < -0.3 is 10.1 Å². The van der Waals surface area contributed by atoms with Gasteiger partial charge in [0.05, 0.1) is 0 Å². The second-order valence-corrected chi connectivity index (χ2v) is 4.86. The lowest BCUT2D eigenvalue weighted by atomic mass is 10.2. The number of nitriles is 1. The molecule has 96 valence electrons. The van der Waals surface area contributed by atoms with Gasteiger partial charge in [0.1, 0.15) is 11.8 Å². The molecule has 0 spiro atoms. The standard InChI is InChI=1S/C15H20N2O/c1-2-3-13-10-15(13)17-11-12-4-6-14(7-5-12)18-9-8-16/h4-7,13,15,17H,2-3,9-11H2,1H3. The monoisotopic (exact) mass is 244 g/mol. The van der Waals surface area contributed by atoms with Crippen LogP contribution in [0.1, 0.15) is 31.7 Å². The second kappa shape index (κ2) is 6.42. The van der Waals surface area contributed by atoms with E-state index in [1.807, 2.05) is 18.2 Å². The zero-order valence-corrected chi connectivity index (χ0v) is 10.9. The number of benzene rings is 1. The van der Waals surface area contributed by atoms with Crippen LogP contribution in [-0.2, 0) is 6.54 Å². The summed E-state index contributed by atoms with van der Waals surface area (Å²) >= 11 is 0. The van der Waals surface area contributed by atoms with Gasteiger partial charge in [0.25, 0.3) is 0 Å². The predicted molar refractivity (Wildman–Crippen MR) is 71.2 cm³/mol. The molecule has 0 aromatic heterocycles. The molecular weight excluding hydrogens is 224 g/mol. The minimum absolute atomic E-state index is 0.109. The van der Waals surface area contributed by atoms with E-state index in [4.69, 9.17) is 10.00 Å². The van der Waals surface area contributed by atoms with Crippen LogP contribution < -0.4 is 10.1 Å². The Bertz CT molecular complexity index is 407. The highest BCUT2D eigenvalue weighted by molar-refractivity contribution is 5.27. The molecule has 0 amide bonds. The van der Waals surface area contributed by atoms with E-state index in [2.05, 4.69) is 24.4 Å². The molecule has 1 N–H and O–H groups in total. The number of ether oxygens (including phenoxy) is 1. The fourth-order valence-corrected chi connectivity index (χ4v) is 2.26. The Labute approximate surface area is 109 Å². The molecule has 1 saturated carbocycles. The van der Waals surface area contributed by atoms with Gasteiger partial charge in [0.2, 0.25) is 0 Å². The first kappa shape index (κ1) is 12.9. The summed E-state index contributed by atoms with van der Waals surface area (Å²) in [4.78, 5) is 0. The highest BCUT2D eigenvalue weighted by atomic mass is 16.5. The van der Waals surface area contributed by atoms with E-state index in [9.17, 15) is 0 Å². The molecule has 0 radical (unpaired) electrons. The average Bonchev–Trinajstić information content (AvgIpc) is 3.14. The smallest absolute Gasteiger partial charge is 0.174 e. The zero-order chi connectivity index (χ0) is 12.8. The van der Waals surface area contributed by atoms with Gasteiger partial charge >= 0.3 is 0 Å². The minimum Gasteiger partial charge on any atom is -0.479 e. The van der Waals surface area contributed by atoms with Crippen LogP contribution in [0.15, 0.2) is 24.3 Å². The molecule has 3 nitrogen and oxygen atoms in total. The van der Waals surface area contributed by atoms with E-state index in [-0.39, 0.29) is 6.61 Å². The van der Waals surface area contributed by atoms with Gasteiger partial charge in [-0.2, -0.15) is 5.26 Å². The Hall–Kier alpha value is -1.53. The van der Waals surface area contributed by atoms with Crippen LogP contribution in [0.3, 0.4) is 0 Å². The van der Waals surface area contributed by atoms with Crippen molar-refractivity contribution in [2.75, 3.05) is 6.61 Å². The molecule has 1 aromatic carbocycles. The summed E-state index contributed by atoms with van der Waals surface area (Å²) in [7, 11) is 0. The van der Waals surface area contributed by atoms with Crippen molar-refractivity contribution in [2.24, 2.45) is 5.92 Å². The molecule has 2 atom stereocenters. The molecule has 1 fully saturated rings. The molecule has 1 aliphatic carbocycles. The fraction of sp³-hybridized carbons (Fsp3) is 0.533. The molecule has 18 heavy (non-hydrogen) atoms. The van der Waals surface area contributed by atoms with Crippen LogP contribution in [0.5, 0.6) is 5.75 Å². The number of nitrogens with one attached hydrogen (secondary N) is 1. The van der Waals surface area contributed by atoms with E-state index in [0.717, 1.165) is 24.3 Å². The van der Waals surface area contributed by atoms with E-state index in [0.29, 0.717) is 0 Å².